The predicted octanol–water partition coefficient (Wildman–Crippen LogP) is 2.25. The van der Waals surface area contributed by atoms with Gasteiger partial charge in [-0.3, -0.25) is 0 Å². The number of rotatable bonds is 2. The van der Waals surface area contributed by atoms with Crippen molar-refractivity contribution in [3.05, 3.63) is 23.3 Å². The van der Waals surface area contributed by atoms with Crippen molar-refractivity contribution in [2.24, 2.45) is 0 Å². The molecule has 1 aromatic carbocycles. The van der Waals surface area contributed by atoms with Crippen molar-refractivity contribution >= 4 is 5.88 Å². The predicted molar refractivity (Wildman–Crippen MR) is 64.0 cm³/mol. The van der Waals surface area contributed by atoms with Crippen LogP contribution < -0.4 is 10.5 Å². The molecule has 5 heteroatoms. The Kier molecular flexibility index (Phi) is 2.67. The number of nitrogens with zero attached hydrogens (tertiary/aromatic N) is 1. The summed E-state index contributed by atoms with van der Waals surface area (Å²) in [6.07, 6.45) is 0. The summed E-state index contributed by atoms with van der Waals surface area (Å²) in [4.78, 5) is 0. The lowest BCUT2D eigenvalue weighted by molar-refractivity contribution is 0.373. The first-order valence-electron chi connectivity index (χ1n) is 5.14. The van der Waals surface area contributed by atoms with Gasteiger partial charge >= 0.3 is 0 Å². The molecule has 0 amide bonds. The molecule has 0 aliphatic heterocycles. The summed E-state index contributed by atoms with van der Waals surface area (Å²) in [7, 11) is 1.50. The van der Waals surface area contributed by atoms with Crippen LogP contribution in [0.25, 0.3) is 11.3 Å². The Morgan fingerprint density at radius 2 is 2.06 bits per heavy atom. The Morgan fingerprint density at radius 3 is 2.59 bits per heavy atom. The molecule has 17 heavy (non-hydrogen) atoms. The van der Waals surface area contributed by atoms with Crippen molar-refractivity contribution in [2.45, 2.75) is 13.8 Å². The molecule has 3 N–H and O–H groups in total. The Hall–Kier alpha value is -2.17. The highest BCUT2D eigenvalue weighted by molar-refractivity contribution is 5.76. The molecule has 2 aromatic rings. The quantitative estimate of drug-likeness (QED) is 0.832. The van der Waals surface area contributed by atoms with Crippen LogP contribution in [-0.4, -0.2) is 17.4 Å². The highest BCUT2D eigenvalue weighted by atomic mass is 16.5. The number of hydrogen-bond acceptors (Lipinski definition) is 5. The number of ether oxygens (including phenoxy) is 1. The zero-order valence-electron chi connectivity index (χ0n) is 9.94. The van der Waals surface area contributed by atoms with E-state index in [1.807, 2.05) is 13.8 Å². The van der Waals surface area contributed by atoms with Crippen LogP contribution in [0.4, 0.5) is 5.88 Å². The first-order chi connectivity index (χ1) is 8.04. The molecule has 0 unspecified atom stereocenters. The van der Waals surface area contributed by atoms with Gasteiger partial charge in [-0.2, -0.15) is 0 Å². The molecule has 0 radical (unpaired) electrons. The molecule has 1 aromatic heterocycles. The highest BCUT2D eigenvalue weighted by Crippen LogP contribution is 2.41. The fourth-order valence-electron chi connectivity index (χ4n) is 1.75. The number of phenols is 1. The lowest BCUT2D eigenvalue weighted by Gasteiger charge is -2.12. The first-order valence-corrected chi connectivity index (χ1v) is 5.14. The molecule has 0 aliphatic carbocycles. The van der Waals surface area contributed by atoms with E-state index >= 15 is 0 Å². The van der Waals surface area contributed by atoms with Crippen molar-refractivity contribution in [1.29, 1.82) is 0 Å². The van der Waals surface area contributed by atoms with Crippen molar-refractivity contribution in [2.75, 3.05) is 12.8 Å². The van der Waals surface area contributed by atoms with Crippen LogP contribution in [0.15, 0.2) is 16.7 Å². The van der Waals surface area contributed by atoms with Crippen molar-refractivity contribution in [1.82, 2.24) is 5.16 Å². The van der Waals surface area contributed by atoms with E-state index in [0.29, 0.717) is 17.0 Å². The first kappa shape index (κ1) is 11.3. The van der Waals surface area contributed by atoms with Crippen LogP contribution in [0.3, 0.4) is 0 Å². The molecular formula is C12H14N2O3. The van der Waals surface area contributed by atoms with Crippen LogP contribution in [0.2, 0.25) is 0 Å². The van der Waals surface area contributed by atoms with Gasteiger partial charge in [-0.1, -0.05) is 5.16 Å². The molecule has 90 valence electrons. The van der Waals surface area contributed by atoms with E-state index < -0.39 is 0 Å². The van der Waals surface area contributed by atoms with Crippen LogP contribution in [0, 0.1) is 13.8 Å². The highest BCUT2D eigenvalue weighted by Gasteiger charge is 2.18. The third-order valence-corrected chi connectivity index (χ3v) is 2.79. The second-order valence-corrected chi connectivity index (χ2v) is 3.86. The number of nitrogens with two attached hydrogens (primary N) is 1. The fourth-order valence-corrected chi connectivity index (χ4v) is 1.75. The number of methoxy groups -OCH3 is 1. The maximum atomic E-state index is 10.1. The summed E-state index contributed by atoms with van der Waals surface area (Å²) in [5, 5.41) is 13.9. The summed E-state index contributed by atoms with van der Waals surface area (Å²) >= 11 is 0. The second-order valence-electron chi connectivity index (χ2n) is 3.86. The standard InChI is InChI=1S/C12H14N2O3/c1-6-4-9(16-3)12(15)11(7(6)2)8-5-10(13)17-14-8/h4-5,15H,13H2,1-3H3. The number of benzene rings is 1. The Balaban J connectivity index is 2.71. The maximum Gasteiger partial charge on any atom is 0.222 e. The zero-order chi connectivity index (χ0) is 12.6. The maximum absolute atomic E-state index is 10.1. The molecule has 2 rings (SSSR count). The Morgan fingerprint density at radius 1 is 1.35 bits per heavy atom. The molecular weight excluding hydrogens is 220 g/mol. The van der Waals surface area contributed by atoms with E-state index in [2.05, 4.69) is 5.16 Å². The number of aryl methyl sites for hydroxylation is 1. The molecule has 0 atom stereocenters. The monoisotopic (exact) mass is 234 g/mol. The number of aromatic hydroxyl groups is 1. The average molecular weight is 234 g/mol. The van der Waals surface area contributed by atoms with Gasteiger partial charge in [0.05, 0.1) is 12.7 Å². The van der Waals surface area contributed by atoms with Gasteiger partial charge in [0.15, 0.2) is 11.5 Å². The largest absolute Gasteiger partial charge is 0.504 e. The van der Waals surface area contributed by atoms with E-state index in [1.54, 1.807) is 12.1 Å². The minimum absolute atomic E-state index is 0.0453. The Bertz CT molecular complexity index is 561. The molecule has 0 fully saturated rings. The van der Waals surface area contributed by atoms with Gasteiger partial charge in [0.2, 0.25) is 5.88 Å². The smallest absolute Gasteiger partial charge is 0.222 e. The number of phenolic OH excluding ortho intramolecular Hbond substituents is 1. The minimum Gasteiger partial charge on any atom is -0.504 e. The summed E-state index contributed by atoms with van der Waals surface area (Å²) in [5.74, 6) is 0.660. The van der Waals surface area contributed by atoms with Gasteiger partial charge in [0, 0.05) is 6.07 Å². The molecule has 0 saturated heterocycles. The van der Waals surface area contributed by atoms with Gasteiger partial charge in [-0.05, 0) is 31.0 Å². The molecule has 5 nitrogen and oxygen atoms in total. The zero-order valence-corrected chi connectivity index (χ0v) is 9.94. The molecule has 1 heterocycles. The normalized spacial score (nSPS) is 10.5. The molecule has 0 bridgehead atoms. The number of anilines is 1. The van der Waals surface area contributed by atoms with Gasteiger partial charge in [-0.15, -0.1) is 0 Å². The summed E-state index contributed by atoms with van der Waals surface area (Å²) in [6.45, 7) is 3.83. The molecule has 0 saturated carbocycles. The lowest BCUT2D eigenvalue weighted by atomic mass is 9.99. The van der Waals surface area contributed by atoms with Gasteiger partial charge in [0.25, 0.3) is 0 Å². The van der Waals surface area contributed by atoms with Crippen molar-refractivity contribution in [3.8, 4) is 22.8 Å². The van der Waals surface area contributed by atoms with E-state index in [4.69, 9.17) is 15.0 Å². The second kappa shape index (κ2) is 4.01. The van der Waals surface area contributed by atoms with Gasteiger partial charge in [0.1, 0.15) is 5.69 Å². The molecule has 0 spiro atoms. The summed E-state index contributed by atoms with van der Waals surface area (Å²) < 4.78 is 9.93. The SMILES string of the molecule is COc1cc(C)c(C)c(-c2cc(N)on2)c1O. The fraction of sp³-hybridized carbons (Fsp3) is 0.250. The average Bonchev–Trinajstić information content (AvgIpc) is 2.70. The van der Waals surface area contributed by atoms with Crippen LogP contribution in [0.1, 0.15) is 11.1 Å². The molecule has 0 aliphatic rings. The third kappa shape index (κ3) is 1.80. The van der Waals surface area contributed by atoms with E-state index in [9.17, 15) is 5.11 Å². The lowest BCUT2D eigenvalue weighted by Crippen LogP contribution is -1.93. The Labute approximate surface area is 98.8 Å². The van der Waals surface area contributed by atoms with Gasteiger partial charge < -0.3 is 20.1 Å². The van der Waals surface area contributed by atoms with Gasteiger partial charge in [-0.25, -0.2) is 0 Å². The number of aromatic nitrogens is 1. The van der Waals surface area contributed by atoms with Crippen molar-refractivity contribution in [3.63, 3.8) is 0 Å². The minimum atomic E-state index is 0.0453. The summed E-state index contributed by atoms with van der Waals surface area (Å²) in [6, 6.07) is 3.35. The number of hydrogen-bond donors (Lipinski definition) is 2. The topological polar surface area (TPSA) is 81.5 Å². The summed E-state index contributed by atoms with van der Waals surface area (Å²) in [5.41, 5.74) is 8.48. The van der Waals surface area contributed by atoms with Crippen LogP contribution >= 0.6 is 0 Å². The van der Waals surface area contributed by atoms with Crippen LogP contribution in [-0.2, 0) is 0 Å². The van der Waals surface area contributed by atoms with E-state index in [1.165, 1.54) is 7.11 Å². The van der Waals surface area contributed by atoms with E-state index in [-0.39, 0.29) is 11.6 Å². The number of nitrogen functional groups attached to an aromatic ring is 1. The van der Waals surface area contributed by atoms with Crippen molar-refractivity contribution < 1.29 is 14.4 Å². The third-order valence-electron chi connectivity index (χ3n) is 2.79. The van der Waals surface area contributed by atoms with Crippen LogP contribution in [0.5, 0.6) is 11.5 Å². The van der Waals surface area contributed by atoms with E-state index in [0.717, 1.165) is 11.1 Å².